The lowest BCUT2D eigenvalue weighted by atomic mass is 10.2. The van der Waals surface area contributed by atoms with Crippen molar-refractivity contribution in [1.29, 1.82) is 0 Å². The minimum absolute atomic E-state index is 0.0335. The number of nitrogens with zero attached hydrogens (tertiary/aromatic N) is 3. The Labute approximate surface area is 129 Å². The first kappa shape index (κ1) is 15.8. The Bertz CT molecular complexity index is 530. The Balaban J connectivity index is 1.95. The van der Waals surface area contributed by atoms with Gasteiger partial charge in [-0.25, -0.2) is 14.8 Å². The monoisotopic (exact) mass is 312 g/mol. The van der Waals surface area contributed by atoms with Crippen LogP contribution in [-0.2, 0) is 4.74 Å². The molecule has 0 radical (unpaired) electrons. The van der Waals surface area contributed by atoms with Crippen molar-refractivity contribution in [2.75, 3.05) is 18.0 Å². The fraction of sp³-hybridized carbons (Fsp3) is 0.643. The Morgan fingerprint density at radius 1 is 1.48 bits per heavy atom. The van der Waals surface area contributed by atoms with Crippen LogP contribution in [0, 0.1) is 6.92 Å². The molecule has 1 fully saturated rings. The third-order valence-electron chi connectivity index (χ3n) is 3.15. The van der Waals surface area contributed by atoms with Crippen molar-refractivity contribution in [3.05, 3.63) is 17.0 Å². The number of halogens is 1. The quantitative estimate of drug-likeness (QED) is 0.909. The van der Waals surface area contributed by atoms with Gasteiger partial charge in [-0.3, -0.25) is 0 Å². The first-order valence-corrected chi connectivity index (χ1v) is 7.35. The molecule has 0 aromatic carbocycles. The van der Waals surface area contributed by atoms with Gasteiger partial charge in [0.1, 0.15) is 17.0 Å². The Morgan fingerprint density at radius 3 is 2.86 bits per heavy atom. The zero-order valence-corrected chi connectivity index (χ0v) is 13.6. The molecular weight excluding hydrogens is 292 g/mol. The molecule has 0 spiro atoms. The summed E-state index contributed by atoms with van der Waals surface area (Å²) in [5, 5.41) is 3.45. The van der Waals surface area contributed by atoms with Gasteiger partial charge in [-0.05, 0) is 34.1 Å². The van der Waals surface area contributed by atoms with Crippen LogP contribution in [0.1, 0.15) is 32.9 Å². The molecular formula is C14H21ClN4O2. The van der Waals surface area contributed by atoms with Crippen LogP contribution in [0.4, 0.5) is 10.6 Å². The molecule has 1 aromatic rings. The normalized spacial score (nSPS) is 18.7. The van der Waals surface area contributed by atoms with Crippen molar-refractivity contribution in [1.82, 2.24) is 15.3 Å². The van der Waals surface area contributed by atoms with E-state index in [4.69, 9.17) is 16.3 Å². The second kappa shape index (κ2) is 6.05. The predicted molar refractivity (Wildman–Crippen MR) is 81.8 cm³/mol. The number of nitrogens with one attached hydrogen (secondary N) is 1. The number of hydrogen-bond acceptors (Lipinski definition) is 5. The topological polar surface area (TPSA) is 67.4 Å². The molecule has 1 aromatic heterocycles. The number of aryl methyl sites for hydroxylation is 1. The van der Waals surface area contributed by atoms with Crippen LogP contribution in [0.5, 0.6) is 0 Å². The van der Waals surface area contributed by atoms with Gasteiger partial charge in [-0.15, -0.1) is 0 Å². The number of carbonyl (C=O) groups is 1. The van der Waals surface area contributed by atoms with Crippen LogP contribution < -0.4 is 10.2 Å². The molecule has 1 N–H and O–H groups in total. The molecule has 1 amide bonds. The van der Waals surface area contributed by atoms with Gasteiger partial charge in [0, 0.05) is 13.1 Å². The highest BCUT2D eigenvalue weighted by atomic mass is 35.5. The molecule has 0 aliphatic carbocycles. The smallest absolute Gasteiger partial charge is 0.407 e. The van der Waals surface area contributed by atoms with E-state index >= 15 is 0 Å². The lowest BCUT2D eigenvalue weighted by Gasteiger charge is -2.22. The number of alkyl carbamates (subject to hydrolysis) is 1. The van der Waals surface area contributed by atoms with E-state index in [9.17, 15) is 4.79 Å². The molecule has 2 rings (SSSR count). The summed E-state index contributed by atoms with van der Waals surface area (Å²) in [6.45, 7) is 8.83. The lowest BCUT2D eigenvalue weighted by molar-refractivity contribution is 0.0509. The summed E-state index contributed by atoms with van der Waals surface area (Å²) in [7, 11) is 0. The Hall–Kier alpha value is -1.56. The first-order valence-electron chi connectivity index (χ1n) is 6.98. The van der Waals surface area contributed by atoms with E-state index in [0.717, 1.165) is 24.5 Å². The maximum Gasteiger partial charge on any atom is 0.407 e. The molecule has 7 heteroatoms. The fourth-order valence-corrected chi connectivity index (χ4v) is 2.43. The molecule has 6 nitrogen and oxygen atoms in total. The average Bonchev–Trinajstić information content (AvgIpc) is 2.78. The van der Waals surface area contributed by atoms with Crippen molar-refractivity contribution in [2.45, 2.75) is 45.8 Å². The van der Waals surface area contributed by atoms with Gasteiger partial charge in [-0.2, -0.15) is 0 Å². The van der Waals surface area contributed by atoms with Crippen LogP contribution in [0.15, 0.2) is 6.33 Å². The highest BCUT2D eigenvalue weighted by Gasteiger charge is 2.28. The number of carbonyl (C=O) groups excluding carboxylic acids is 1. The number of rotatable bonds is 2. The summed E-state index contributed by atoms with van der Waals surface area (Å²) in [4.78, 5) is 22.1. The summed E-state index contributed by atoms with van der Waals surface area (Å²) < 4.78 is 5.26. The van der Waals surface area contributed by atoms with Gasteiger partial charge >= 0.3 is 6.09 Å². The maximum atomic E-state index is 11.8. The van der Waals surface area contributed by atoms with E-state index in [0.29, 0.717) is 11.6 Å². The Morgan fingerprint density at radius 2 is 2.19 bits per heavy atom. The maximum absolute atomic E-state index is 11.8. The van der Waals surface area contributed by atoms with Gasteiger partial charge in [-0.1, -0.05) is 11.6 Å². The second-order valence-electron chi connectivity index (χ2n) is 6.17. The van der Waals surface area contributed by atoms with Crippen molar-refractivity contribution >= 4 is 23.5 Å². The molecule has 1 unspecified atom stereocenters. The van der Waals surface area contributed by atoms with Crippen LogP contribution >= 0.6 is 11.6 Å². The van der Waals surface area contributed by atoms with E-state index in [-0.39, 0.29) is 12.1 Å². The van der Waals surface area contributed by atoms with Crippen LogP contribution in [-0.4, -0.2) is 40.8 Å². The highest BCUT2D eigenvalue weighted by molar-refractivity contribution is 6.33. The summed E-state index contributed by atoms with van der Waals surface area (Å²) >= 11 is 6.24. The van der Waals surface area contributed by atoms with Crippen molar-refractivity contribution in [2.24, 2.45) is 0 Å². The minimum atomic E-state index is -0.491. The highest BCUT2D eigenvalue weighted by Crippen LogP contribution is 2.27. The molecule has 116 valence electrons. The fourth-order valence-electron chi connectivity index (χ4n) is 2.21. The van der Waals surface area contributed by atoms with Gasteiger partial charge in [0.05, 0.1) is 11.7 Å². The number of hydrogen-bond donors (Lipinski definition) is 1. The average molecular weight is 313 g/mol. The van der Waals surface area contributed by atoms with Crippen molar-refractivity contribution in [3.63, 3.8) is 0 Å². The summed E-state index contributed by atoms with van der Waals surface area (Å²) in [6, 6.07) is 0.0335. The largest absolute Gasteiger partial charge is 0.444 e. The third-order valence-corrected chi connectivity index (χ3v) is 3.60. The molecule has 0 saturated carbocycles. The zero-order chi connectivity index (χ0) is 15.6. The predicted octanol–water partition coefficient (Wildman–Crippen LogP) is 2.54. The molecule has 1 aliphatic heterocycles. The molecule has 1 atom stereocenters. The van der Waals surface area contributed by atoms with Gasteiger partial charge in [0.2, 0.25) is 0 Å². The number of anilines is 1. The molecule has 1 aliphatic rings. The van der Waals surface area contributed by atoms with Gasteiger partial charge in [0.15, 0.2) is 5.82 Å². The molecule has 0 bridgehead atoms. The SMILES string of the molecule is Cc1ncnc(N2CCC(NC(=O)OC(C)(C)C)C2)c1Cl. The number of amides is 1. The van der Waals surface area contributed by atoms with Gasteiger partial charge in [0.25, 0.3) is 0 Å². The van der Waals surface area contributed by atoms with Gasteiger partial charge < -0.3 is 15.0 Å². The second-order valence-corrected chi connectivity index (χ2v) is 6.55. The van der Waals surface area contributed by atoms with E-state index in [2.05, 4.69) is 20.2 Å². The lowest BCUT2D eigenvalue weighted by Crippen LogP contribution is -2.40. The van der Waals surface area contributed by atoms with E-state index in [1.807, 2.05) is 27.7 Å². The van der Waals surface area contributed by atoms with E-state index < -0.39 is 5.60 Å². The van der Waals surface area contributed by atoms with Crippen molar-refractivity contribution < 1.29 is 9.53 Å². The van der Waals surface area contributed by atoms with E-state index in [1.54, 1.807) is 0 Å². The third kappa shape index (κ3) is 4.20. The molecule has 21 heavy (non-hydrogen) atoms. The summed E-state index contributed by atoms with van der Waals surface area (Å²) in [5.41, 5.74) is 0.264. The standard InChI is InChI=1S/C14H21ClN4O2/c1-9-11(15)12(17-8-16-9)19-6-5-10(7-19)18-13(20)21-14(2,3)4/h8,10H,5-7H2,1-4H3,(H,18,20). The minimum Gasteiger partial charge on any atom is -0.444 e. The zero-order valence-electron chi connectivity index (χ0n) is 12.8. The van der Waals surface area contributed by atoms with Crippen LogP contribution in [0.25, 0.3) is 0 Å². The number of ether oxygens (including phenoxy) is 1. The summed E-state index contributed by atoms with van der Waals surface area (Å²) in [6.07, 6.45) is 1.95. The molecule has 1 saturated heterocycles. The molecule has 2 heterocycles. The first-order chi connectivity index (χ1) is 9.76. The number of aromatic nitrogens is 2. The van der Waals surface area contributed by atoms with Crippen LogP contribution in [0.2, 0.25) is 5.02 Å². The Kier molecular flexibility index (Phi) is 4.56. The summed E-state index contributed by atoms with van der Waals surface area (Å²) in [5.74, 6) is 0.720. The van der Waals surface area contributed by atoms with Crippen LogP contribution in [0.3, 0.4) is 0 Å². The van der Waals surface area contributed by atoms with E-state index in [1.165, 1.54) is 6.33 Å². The van der Waals surface area contributed by atoms with Crippen molar-refractivity contribution in [3.8, 4) is 0 Å².